The molecule has 0 aromatic carbocycles. The zero-order chi connectivity index (χ0) is 10.2. The van der Waals surface area contributed by atoms with Crippen LogP contribution in [0.3, 0.4) is 0 Å². The van der Waals surface area contributed by atoms with Gasteiger partial charge in [0.05, 0.1) is 36.4 Å². The number of alkyl halides is 1. The number of hydrogen-bond donors (Lipinski definition) is 0. The summed E-state index contributed by atoms with van der Waals surface area (Å²) < 4.78 is 10.2. The van der Waals surface area contributed by atoms with E-state index >= 15 is 0 Å². The quantitative estimate of drug-likeness (QED) is 0.536. The number of hydrogen-bond acceptors (Lipinski definition) is 4. The molecular formula is C9H14ClNO2S. The van der Waals surface area contributed by atoms with Crippen molar-refractivity contribution in [3.05, 3.63) is 16.1 Å². The Labute approximate surface area is 93.0 Å². The van der Waals surface area contributed by atoms with Crippen LogP contribution in [0.4, 0.5) is 0 Å². The fourth-order valence-electron chi connectivity index (χ4n) is 0.929. The van der Waals surface area contributed by atoms with Crippen LogP contribution >= 0.6 is 22.9 Å². The fraction of sp³-hybridized carbons (Fsp3) is 0.667. The van der Waals surface area contributed by atoms with Crippen LogP contribution in [0.1, 0.15) is 10.7 Å². The predicted molar refractivity (Wildman–Crippen MR) is 58.1 cm³/mol. The maximum Gasteiger partial charge on any atom is 0.0951 e. The Hall–Kier alpha value is -0.160. The SMILES string of the molecule is COCCOCCc1nc(CCl)cs1. The van der Waals surface area contributed by atoms with Crippen molar-refractivity contribution in [1.29, 1.82) is 0 Å². The highest BCUT2D eigenvalue weighted by molar-refractivity contribution is 7.09. The summed E-state index contributed by atoms with van der Waals surface area (Å²) in [7, 11) is 1.66. The largest absolute Gasteiger partial charge is 0.382 e. The van der Waals surface area contributed by atoms with E-state index < -0.39 is 0 Å². The minimum atomic E-state index is 0.487. The van der Waals surface area contributed by atoms with Crippen molar-refractivity contribution in [3.63, 3.8) is 0 Å². The highest BCUT2D eigenvalue weighted by Crippen LogP contribution is 2.11. The molecule has 0 aliphatic rings. The van der Waals surface area contributed by atoms with Crippen molar-refractivity contribution < 1.29 is 9.47 Å². The molecule has 1 aromatic heterocycles. The molecular weight excluding hydrogens is 222 g/mol. The lowest BCUT2D eigenvalue weighted by molar-refractivity contribution is 0.0722. The predicted octanol–water partition coefficient (Wildman–Crippen LogP) is 2.09. The summed E-state index contributed by atoms with van der Waals surface area (Å²) in [6.07, 6.45) is 0.852. The zero-order valence-corrected chi connectivity index (χ0v) is 9.74. The molecule has 5 heteroatoms. The Kier molecular flexibility index (Phi) is 6.10. The van der Waals surface area contributed by atoms with E-state index in [1.807, 2.05) is 5.38 Å². The van der Waals surface area contributed by atoms with E-state index in [0.717, 1.165) is 17.1 Å². The van der Waals surface area contributed by atoms with Gasteiger partial charge in [-0.3, -0.25) is 0 Å². The summed E-state index contributed by atoms with van der Waals surface area (Å²) in [5, 5.41) is 3.07. The number of nitrogens with zero attached hydrogens (tertiary/aromatic N) is 1. The second kappa shape index (κ2) is 7.17. The topological polar surface area (TPSA) is 31.4 Å². The van der Waals surface area contributed by atoms with Crippen LogP contribution in [0.2, 0.25) is 0 Å². The molecule has 0 atom stereocenters. The van der Waals surface area contributed by atoms with E-state index in [1.54, 1.807) is 18.4 Å². The molecule has 0 saturated heterocycles. The van der Waals surface area contributed by atoms with Gasteiger partial charge in [0.25, 0.3) is 0 Å². The normalized spacial score (nSPS) is 10.7. The molecule has 0 fully saturated rings. The van der Waals surface area contributed by atoms with Gasteiger partial charge in [-0.2, -0.15) is 0 Å². The van der Waals surface area contributed by atoms with E-state index in [2.05, 4.69) is 4.98 Å². The average molecular weight is 236 g/mol. The van der Waals surface area contributed by atoms with Crippen molar-refractivity contribution in [2.45, 2.75) is 12.3 Å². The lowest BCUT2D eigenvalue weighted by atomic mass is 10.5. The third-order valence-electron chi connectivity index (χ3n) is 1.63. The molecule has 0 saturated carbocycles. The third kappa shape index (κ3) is 4.37. The fourth-order valence-corrected chi connectivity index (χ4v) is 1.94. The molecule has 14 heavy (non-hydrogen) atoms. The minimum Gasteiger partial charge on any atom is -0.382 e. The van der Waals surface area contributed by atoms with E-state index in [0.29, 0.717) is 25.7 Å². The van der Waals surface area contributed by atoms with Gasteiger partial charge in [0, 0.05) is 18.9 Å². The first-order valence-corrected chi connectivity index (χ1v) is 5.84. The van der Waals surface area contributed by atoms with Crippen LogP contribution in [-0.2, 0) is 21.8 Å². The molecule has 0 unspecified atom stereocenters. The molecule has 3 nitrogen and oxygen atoms in total. The first-order valence-electron chi connectivity index (χ1n) is 4.42. The molecule has 1 aromatic rings. The zero-order valence-electron chi connectivity index (χ0n) is 8.16. The van der Waals surface area contributed by atoms with Gasteiger partial charge in [0.15, 0.2) is 0 Å². The number of halogens is 1. The maximum atomic E-state index is 5.64. The van der Waals surface area contributed by atoms with Crippen LogP contribution in [0, 0.1) is 0 Å². The van der Waals surface area contributed by atoms with E-state index in [4.69, 9.17) is 21.1 Å². The maximum absolute atomic E-state index is 5.64. The smallest absolute Gasteiger partial charge is 0.0951 e. The second-order valence-electron chi connectivity index (χ2n) is 2.72. The number of rotatable bonds is 7. The lowest BCUT2D eigenvalue weighted by Gasteiger charge is -2.00. The van der Waals surface area contributed by atoms with E-state index in [-0.39, 0.29) is 0 Å². The number of aromatic nitrogens is 1. The second-order valence-corrected chi connectivity index (χ2v) is 3.93. The first kappa shape index (κ1) is 11.9. The lowest BCUT2D eigenvalue weighted by Crippen LogP contribution is -2.04. The Morgan fingerprint density at radius 3 is 2.93 bits per heavy atom. The molecule has 1 heterocycles. The van der Waals surface area contributed by atoms with Crippen molar-refractivity contribution in [3.8, 4) is 0 Å². The number of ether oxygens (including phenoxy) is 2. The molecule has 80 valence electrons. The van der Waals surface area contributed by atoms with Gasteiger partial charge in [0.2, 0.25) is 0 Å². The molecule has 0 radical (unpaired) electrons. The van der Waals surface area contributed by atoms with E-state index in [1.165, 1.54) is 0 Å². The Morgan fingerprint density at radius 1 is 1.43 bits per heavy atom. The van der Waals surface area contributed by atoms with E-state index in [9.17, 15) is 0 Å². The summed E-state index contributed by atoms with van der Waals surface area (Å²) in [5.41, 5.74) is 0.948. The van der Waals surface area contributed by atoms with Crippen molar-refractivity contribution in [2.24, 2.45) is 0 Å². The molecule has 0 N–H and O–H groups in total. The van der Waals surface area contributed by atoms with Gasteiger partial charge in [-0.1, -0.05) is 0 Å². The molecule has 0 spiro atoms. The Morgan fingerprint density at radius 2 is 2.29 bits per heavy atom. The van der Waals surface area contributed by atoms with Crippen LogP contribution in [0.15, 0.2) is 5.38 Å². The van der Waals surface area contributed by atoms with Crippen molar-refractivity contribution in [2.75, 3.05) is 26.9 Å². The van der Waals surface area contributed by atoms with Crippen molar-refractivity contribution >= 4 is 22.9 Å². The third-order valence-corrected chi connectivity index (χ3v) is 2.86. The van der Waals surface area contributed by atoms with Gasteiger partial charge in [0.1, 0.15) is 0 Å². The highest BCUT2D eigenvalue weighted by atomic mass is 35.5. The van der Waals surface area contributed by atoms with Gasteiger partial charge in [-0.05, 0) is 0 Å². The van der Waals surface area contributed by atoms with Crippen LogP contribution in [-0.4, -0.2) is 31.9 Å². The summed E-state index contributed by atoms with van der Waals surface area (Å²) >= 11 is 7.27. The summed E-state index contributed by atoms with van der Waals surface area (Å²) in [6, 6.07) is 0. The number of methoxy groups -OCH3 is 1. The molecule has 1 rings (SSSR count). The minimum absolute atomic E-state index is 0.487. The average Bonchev–Trinajstić information content (AvgIpc) is 2.65. The van der Waals surface area contributed by atoms with Crippen LogP contribution in [0.5, 0.6) is 0 Å². The van der Waals surface area contributed by atoms with Crippen LogP contribution in [0.25, 0.3) is 0 Å². The van der Waals surface area contributed by atoms with Crippen molar-refractivity contribution in [1.82, 2.24) is 4.98 Å². The summed E-state index contributed by atoms with van der Waals surface area (Å²) in [5.74, 6) is 0.487. The molecule has 0 amide bonds. The van der Waals surface area contributed by atoms with Gasteiger partial charge >= 0.3 is 0 Å². The van der Waals surface area contributed by atoms with Gasteiger partial charge < -0.3 is 9.47 Å². The summed E-state index contributed by atoms with van der Waals surface area (Å²) in [4.78, 5) is 4.32. The Bertz CT molecular complexity index is 255. The highest BCUT2D eigenvalue weighted by Gasteiger charge is 2.00. The molecule has 0 aliphatic carbocycles. The van der Waals surface area contributed by atoms with Gasteiger partial charge in [-0.25, -0.2) is 4.98 Å². The Balaban J connectivity index is 2.12. The number of thiazole rings is 1. The monoisotopic (exact) mass is 235 g/mol. The standard InChI is InChI=1S/C9H14ClNO2S/c1-12-4-5-13-3-2-9-11-8(6-10)7-14-9/h7H,2-6H2,1H3. The van der Waals surface area contributed by atoms with Crippen LogP contribution < -0.4 is 0 Å². The first-order chi connectivity index (χ1) is 6.86. The van der Waals surface area contributed by atoms with Gasteiger partial charge in [-0.15, -0.1) is 22.9 Å². The summed E-state index contributed by atoms with van der Waals surface area (Å²) in [6.45, 7) is 1.98. The molecule has 0 bridgehead atoms. The molecule has 0 aliphatic heterocycles.